The minimum Gasteiger partial charge on any atom is -0.462 e. The van der Waals surface area contributed by atoms with E-state index in [4.69, 9.17) is 4.74 Å². The number of amides is 1. The van der Waals surface area contributed by atoms with Crippen LogP contribution in [-0.2, 0) is 14.3 Å². The normalized spacial score (nSPS) is 13.3. The molecule has 0 aromatic rings. The van der Waals surface area contributed by atoms with Gasteiger partial charge in [-0.15, -0.1) is 0 Å². The Balaban J connectivity index is 4.59. The zero-order valence-corrected chi connectivity index (χ0v) is 44.3. The van der Waals surface area contributed by atoms with Crippen molar-refractivity contribution in [3.8, 4) is 0 Å². The first kappa shape index (κ1) is 64.1. The summed E-state index contributed by atoms with van der Waals surface area (Å²) in [5.74, 6) is -0.490. The molecule has 0 saturated carbocycles. The number of aliphatic hydroxyl groups excluding tert-OH is 2. The Morgan fingerprint density at radius 1 is 0.439 bits per heavy atom. The van der Waals surface area contributed by atoms with Crippen LogP contribution in [0.5, 0.6) is 0 Å². The largest absolute Gasteiger partial charge is 0.462 e. The molecule has 3 unspecified atom stereocenters. The second-order valence-corrected chi connectivity index (χ2v) is 20.1. The molecule has 3 atom stereocenters. The molecule has 0 heterocycles. The van der Waals surface area contributed by atoms with Crippen molar-refractivity contribution >= 4 is 11.9 Å². The lowest BCUT2D eigenvalue weighted by Crippen LogP contribution is -2.46. The summed E-state index contributed by atoms with van der Waals surface area (Å²) in [7, 11) is 0. The lowest BCUT2D eigenvalue weighted by molar-refractivity contribution is -0.151. The van der Waals surface area contributed by atoms with E-state index in [1.54, 1.807) is 0 Å². The number of carbonyl (C=O) groups is 2. The molecule has 0 aromatic carbocycles. The van der Waals surface area contributed by atoms with Crippen LogP contribution in [0.3, 0.4) is 0 Å². The molecule has 3 N–H and O–H groups in total. The maximum Gasteiger partial charge on any atom is 0.306 e. The minimum atomic E-state index is -0.795. The van der Waals surface area contributed by atoms with E-state index in [2.05, 4.69) is 62.5 Å². The number of aliphatic hydroxyl groups is 2. The fourth-order valence-electron chi connectivity index (χ4n) is 9.08. The highest BCUT2D eigenvalue weighted by Crippen LogP contribution is 2.18. The third-order valence-corrected chi connectivity index (χ3v) is 13.5. The van der Waals surface area contributed by atoms with Gasteiger partial charge in [0.15, 0.2) is 0 Å². The van der Waals surface area contributed by atoms with Crippen LogP contribution in [0.2, 0.25) is 0 Å². The van der Waals surface area contributed by atoms with Crippen LogP contribution in [0.4, 0.5) is 0 Å². The topological polar surface area (TPSA) is 95.9 Å². The molecule has 0 bridgehead atoms. The average molecular weight is 929 g/mol. The molecule has 6 nitrogen and oxygen atoms in total. The number of esters is 1. The van der Waals surface area contributed by atoms with Gasteiger partial charge in [0.2, 0.25) is 5.91 Å². The number of ether oxygens (including phenoxy) is 1. The molecule has 6 heteroatoms. The van der Waals surface area contributed by atoms with E-state index in [1.807, 2.05) is 0 Å². The lowest BCUT2D eigenvalue weighted by atomic mass is 10.0. The Morgan fingerprint density at radius 2 is 0.773 bits per heavy atom. The summed E-state index contributed by atoms with van der Waals surface area (Å²) >= 11 is 0. The first-order valence-corrected chi connectivity index (χ1v) is 29.2. The molecule has 0 aliphatic rings. The van der Waals surface area contributed by atoms with Gasteiger partial charge in [0, 0.05) is 6.42 Å². The summed E-state index contributed by atoms with van der Waals surface area (Å²) < 4.78 is 5.95. The first-order chi connectivity index (χ1) is 32.5. The predicted molar refractivity (Wildman–Crippen MR) is 287 cm³/mol. The Hall–Kier alpha value is -1.92. The summed E-state index contributed by atoms with van der Waals surface area (Å²) in [4.78, 5) is 26.3. The summed E-state index contributed by atoms with van der Waals surface area (Å²) in [6, 6.07) is -0.711. The molecule has 0 spiro atoms. The summed E-state index contributed by atoms with van der Waals surface area (Å²) in [5.41, 5.74) is 0. The van der Waals surface area contributed by atoms with E-state index >= 15 is 0 Å². The van der Waals surface area contributed by atoms with Gasteiger partial charge in [0.1, 0.15) is 6.10 Å². The number of carbonyl (C=O) groups excluding carboxylic acids is 2. The predicted octanol–water partition coefficient (Wildman–Crippen LogP) is 18.0. The molecular formula is C60H113NO5. The van der Waals surface area contributed by atoms with E-state index in [1.165, 1.54) is 193 Å². The quantitative estimate of drug-likeness (QED) is 0.0321. The van der Waals surface area contributed by atoms with Crippen LogP contribution in [0, 0.1) is 0 Å². The van der Waals surface area contributed by atoms with Gasteiger partial charge in [0.25, 0.3) is 0 Å². The van der Waals surface area contributed by atoms with E-state index in [0.717, 1.165) is 70.6 Å². The molecule has 0 aromatic heterocycles. The fourth-order valence-corrected chi connectivity index (χ4v) is 9.08. The smallest absolute Gasteiger partial charge is 0.306 e. The van der Waals surface area contributed by atoms with Gasteiger partial charge < -0.3 is 20.3 Å². The summed E-state index contributed by atoms with van der Waals surface area (Å²) in [6.45, 7) is 6.50. The molecular weight excluding hydrogens is 815 g/mol. The number of rotatable bonds is 53. The Bertz CT molecular complexity index is 1090. The zero-order chi connectivity index (χ0) is 48.1. The molecule has 0 aliphatic carbocycles. The molecule has 1 amide bonds. The monoisotopic (exact) mass is 928 g/mol. The molecule has 388 valence electrons. The van der Waals surface area contributed by atoms with Gasteiger partial charge in [-0.05, 0) is 51.4 Å². The van der Waals surface area contributed by atoms with Gasteiger partial charge in [0.05, 0.1) is 25.2 Å². The van der Waals surface area contributed by atoms with E-state index in [0.29, 0.717) is 19.3 Å². The highest BCUT2D eigenvalue weighted by atomic mass is 16.5. The van der Waals surface area contributed by atoms with Crippen LogP contribution < -0.4 is 5.32 Å². The number of unbranched alkanes of at least 4 members (excludes halogenated alkanes) is 37. The molecule has 66 heavy (non-hydrogen) atoms. The second-order valence-electron chi connectivity index (χ2n) is 20.1. The molecule has 0 aliphatic heterocycles. The van der Waals surface area contributed by atoms with Crippen molar-refractivity contribution in [3.63, 3.8) is 0 Å². The standard InChI is InChI=1S/C60H113NO5/c1-4-7-10-13-16-19-22-25-28-31-33-36-39-42-45-48-51-56(66-60(65)53-50-47-44-41-38-35-32-29-26-23-20-17-14-11-8-5-2)54-59(64)61-57(55-62)58(63)52-49-46-43-40-37-34-30-27-24-21-18-15-12-9-6-3/h22,25,28,31,33,36,56-58,62-63H,4-21,23-24,26-27,29-30,32,34-35,37-55H2,1-3H3,(H,61,64)/b25-22+,31-28+,36-33+. The Morgan fingerprint density at radius 3 is 1.17 bits per heavy atom. The SMILES string of the molecule is CCCCCCC/C=C/C=C/C=C/CCCCCC(CC(=O)NC(CO)C(O)CCCCCCCCCCCCCCCCC)OC(=O)CCCCCCCCCCCCCCCCCC. The highest BCUT2D eigenvalue weighted by Gasteiger charge is 2.24. The summed E-state index contributed by atoms with van der Waals surface area (Å²) in [5, 5.41) is 23.9. The number of hydrogen-bond acceptors (Lipinski definition) is 5. The number of nitrogens with one attached hydrogen (secondary N) is 1. The lowest BCUT2D eigenvalue weighted by Gasteiger charge is -2.24. The molecule has 0 saturated heterocycles. The molecule has 0 radical (unpaired) electrons. The van der Waals surface area contributed by atoms with E-state index in [-0.39, 0.29) is 24.9 Å². The molecule has 0 rings (SSSR count). The maximum absolute atomic E-state index is 13.3. The third kappa shape index (κ3) is 48.5. The fraction of sp³-hybridized carbons (Fsp3) is 0.867. The average Bonchev–Trinajstić information content (AvgIpc) is 3.31. The van der Waals surface area contributed by atoms with Crippen LogP contribution >= 0.6 is 0 Å². The van der Waals surface area contributed by atoms with Crippen molar-refractivity contribution in [3.05, 3.63) is 36.5 Å². The van der Waals surface area contributed by atoms with Crippen LogP contribution in [-0.4, -0.2) is 46.9 Å². The van der Waals surface area contributed by atoms with Crippen molar-refractivity contribution < 1.29 is 24.5 Å². The van der Waals surface area contributed by atoms with Gasteiger partial charge in [-0.2, -0.15) is 0 Å². The van der Waals surface area contributed by atoms with Crippen LogP contribution in [0.15, 0.2) is 36.5 Å². The zero-order valence-electron chi connectivity index (χ0n) is 44.3. The first-order valence-electron chi connectivity index (χ1n) is 29.2. The van der Waals surface area contributed by atoms with Gasteiger partial charge in [-0.1, -0.05) is 282 Å². The van der Waals surface area contributed by atoms with Crippen molar-refractivity contribution in [2.75, 3.05) is 6.61 Å². The van der Waals surface area contributed by atoms with E-state index < -0.39 is 18.2 Å². The number of allylic oxidation sites excluding steroid dienone is 6. The van der Waals surface area contributed by atoms with Crippen molar-refractivity contribution in [2.24, 2.45) is 0 Å². The van der Waals surface area contributed by atoms with Gasteiger partial charge in [-0.25, -0.2) is 0 Å². The summed E-state index contributed by atoms with van der Waals surface area (Å²) in [6.07, 6.45) is 64.9. The van der Waals surface area contributed by atoms with Crippen molar-refractivity contribution in [1.29, 1.82) is 0 Å². The Kier molecular flexibility index (Phi) is 52.5. The highest BCUT2D eigenvalue weighted by molar-refractivity contribution is 5.77. The second kappa shape index (κ2) is 54.0. The van der Waals surface area contributed by atoms with Crippen LogP contribution in [0.1, 0.15) is 310 Å². The van der Waals surface area contributed by atoms with Crippen molar-refractivity contribution in [2.45, 2.75) is 328 Å². The maximum atomic E-state index is 13.3. The van der Waals surface area contributed by atoms with Gasteiger partial charge in [-0.3, -0.25) is 9.59 Å². The van der Waals surface area contributed by atoms with Gasteiger partial charge >= 0.3 is 5.97 Å². The third-order valence-electron chi connectivity index (χ3n) is 13.5. The Labute approximate surface area is 411 Å². The molecule has 0 fully saturated rings. The number of hydrogen-bond donors (Lipinski definition) is 3. The van der Waals surface area contributed by atoms with Crippen molar-refractivity contribution in [1.82, 2.24) is 5.32 Å². The van der Waals surface area contributed by atoms with Crippen LogP contribution in [0.25, 0.3) is 0 Å². The van der Waals surface area contributed by atoms with E-state index in [9.17, 15) is 19.8 Å². The minimum absolute atomic E-state index is 0.0594.